The Balaban J connectivity index is 1.38. The summed E-state index contributed by atoms with van der Waals surface area (Å²) in [6.07, 6.45) is 1.69. The van der Waals surface area contributed by atoms with E-state index < -0.39 is 10.0 Å². The predicted octanol–water partition coefficient (Wildman–Crippen LogP) is 4.12. The van der Waals surface area contributed by atoms with Gasteiger partial charge in [0.2, 0.25) is 0 Å². The number of amides is 1. The first-order chi connectivity index (χ1) is 15.4. The third-order valence-electron chi connectivity index (χ3n) is 5.03. The minimum atomic E-state index is -3.75. The summed E-state index contributed by atoms with van der Waals surface area (Å²) in [7, 11) is -3.75. The third-order valence-corrected chi connectivity index (χ3v) is 6.42. The lowest BCUT2D eigenvalue weighted by Gasteiger charge is -2.11. The van der Waals surface area contributed by atoms with Gasteiger partial charge in [-0.1, -0.05) is 42.5 Å². The van der Waals surface area contributed by atoms with Crippen LogP contribution >= 0.6 is 0 Å². The van der Waals surface area contributed by atoms with E-state index >= 15 is 0 Å². The smallest absolute Gasteiger partial charge is 0.261 e. The zero-order valence-corrected chi connectivity index (χ0v) is 18.2. The fraction of sp³-hybridized carbons (Fsp3) is 0.0833. The fourth-order valence-corrected chi connectivity index (χ4v) is 4.31. The molecule has 0 saturated heterocycles. The molecule has 0 radical (unpaired) electrons. The highest BCUT2D eigenvalue weighted by Crippen LogP contribution is 2.20. The Morgan fingerprint density at radius 3 is 2.31 bits per heavy atom. The second-order valence-electron chi connectivity index (χ2n) is 7.29. The maximum atomic E-state index is 12.6. The van der Waals surface area contributed by atoms with E-state index in [4.69, 9.17) is 0 Å². The van der Waals surface area contributed by atoms with Crippen molar-refractivity contribution < 1.29 is 13.2 Å². The number of nitrogens with one attached hydrogen (secondary N) is 3. The molecule has 4 aromatic rings. The number of sulfonamides is 1. The van der Waals surface area contributed by atoms with Crippen molar-refractivity contribution in [3.05, 3.63) is 102 Å². The monoisotopic (exact) mass is 446 g/mol. The Morgan fingerprint density at radius 1 is 0.938 bits per heavy atom. The SMILES string of the molecule is Cc1ccccc1NS(=O)(=O)c1ccc(C(=O)NCc2ccc(-c3ccn[nH]3)cc2)cc1. The number of nitrogens with zero attached hydrogens (tertiary/aromatic N) is 1. The topological polar surface area (TPSA) is 104 Å². The Bertz CT molecular complexity index is 1310. The zero-order valence-electron chi connectivity index (χ0n) is 17.4. The second kappa shape index (κ2) is 9.07. The highest BCUT2D eigenvalue weighted by atomic mass is 32.2. The summed E-state index contributed by atoms with van der Waals surface area (Å²) in [6, 6.07) is 22.7. The molecule has 0 unspecified atom stereocenters. The number of hydrogen-bond acceptors (Lipinski definition) is 4. The number of aromatic amines is 1. The molecular weight excluding hydrogens is 424 g/mol. The average Bonchev–Trinajstić information content (AvgIpc) is 3.34. The number of anilines is 1. The molecule has 1 amide bonds. The molecule has 0 bridgehead atoms. The Hall–Kier alpha value is -3.91. The predicted molar refractivity (Wildman–Crippen MR) is 124 cm³/mol. The van der Waals surface area contributed by atoms with Gasteiger partial charge >= 0.3 is 0 Å². The van der Waals surface area contributed by atoms with Crippen molar-refractivity contribution in [3.8, 4) is 11.3 Å². The van der Waals surface area contributed by atoms with Crippen LogP contribution in [0.3, 0.4) is 0 Å². The first kappa shape index (κ1) is 21.3. The fourth-order valence-electron chi connectivity index (χ4n) is 3.18. The average molecular weight is 447 g/mol. The Kier molecular flexibility index (Phi) is 6.04. The van der Waals surface area contributed by atoms with Gasteiger partial charge in [-0.15, -0.1) is 0 Å². The summed E-state index contributed by atoms with van der Waals surface area (Å²) >= 11 is 0. The molecule has 0 atom stereocenters. The number of benzene rings is 3. The standard InChI is InChI=1S/C24H22N4O3S/c1-17-4-2-3-5-22(17)28-32(30,31)21-12-10-20(11-13-21)24(29)25-16-18-6-8-19(9-7-18)23-14-15-26-27-23/h2-15,28H,16H2,1H3,(H,25,29)(H,26,27). The molecule has 8 heteroatoms. The molecule has 7 nitrogen and oxygen atoms in total. The third kappa shape index (κ3) is 4.87. The van der Waals surface area contributed by atoms with E-state index in [2.05, 4.69) is 20.2 Å². The van der Waals surface area contributed by atoms with E-state index in [1.54, 1.807) is 18.3 Å². The molecular formula is C24H22N4O3S. The number of rotatable bonds is 7. The van der Waals surface area contributed by atoms with Crippen LogP contribution in [-0.2, 0) is 16.6 Å². The van der Waals surface area contributed by atoms with Crippen molar-refractivity contribution in [1.82, 2.24) is 15.5 Å². The van der Waals surface area contributed by atoms with E-state index in [1.807, 2.05) is 49.4 Å². The van der Waals surface area contributed by atoms with Crippen molar-refractivity contribution >= 4 is 21.6 Å². The first-order valence-corrected chi connectivity index (χ1v) is 11.5. The van der Waals surface area contributed by atoms with Crippen molar-refractivity contribution in [1.29, 1.82) is 0 Å². The molecule has 1 heterocycles. The van der Waals surface area contributed by atoms with Crippen LogP contribution in [0, 0.1) is 6.92 Å². The summed E-state index contributed by atoms with van der Waals surface area (Å²) in [5.41, 5.74) is 4.61. The summed E-state index contributed by atoms with van der Waals surface area (Å²) in [4.78, 5) is 12.6. The second-order valence-corrected chi connectivity index (χ2v) is 8.98. The molecule has 0 aliphatic heterocycles. The minimum Gasteiger partial charge on any atom is -0.348 e. The molecule has 3 N–H and O–H groups in total. The molecule has 0 aliphatic carbocycles. The highest BCUT2D eigenvalue weighted by molar-refractivity contribution is 7.92. The number of para-hydroxylation sites is 1. The number of aromatic nitrogens is 2. The van der Waals surface area contributed by atoms with Gasteiger partial charge in [0.25, 0.3) is 15.9 Å². The minimum absolute atomic E-state index is 0.0895. The van der Waals surface area contributed by atoms with E-state index in [1.165, 1.54) is 24.3 Å². The van der Waals surface area contributed by atoms with Crippen LogP contribution < -0.4 is 10.0 Å². The van der Waals surface area contributed by atoms with Crippen LogP contribution in [0.1, 0.15) is 21.5 Å². The molecule has 1 aromatic heterocycles. The first-order valence-electron chi connectivity index (χ1n) is 9.98. The largest absolute Gasteiger partial charge is 0.348 e. The van der Waals surface area contributed by atoms with Gasteiger partial charge < -0.3 is 5.32 Å². The lowest BCUT2D eigenvalue weighted by Crippen LogP contribution is -2.23. The van der Waals surface area contributed by atoms with Crippen LogP contribution in [0.25, 0.3) is 11.3 Å². The molecule has 162 valence electrons. The van der Waals surface area contributed by atoms with E-state index in [0.29, 0.717) is 17.8 Å². The number of carbonyl (C=O) groups is 1. The summed E-state index contributed by atoms with van der Waals surface area (Å²) in [5.74, 6) is -0.279. The molecule has 0 saturated carbocycles. The maximum absolute atomic E-state index is 12.6. The summed E-state index contributed by atoms with van der Waals surface area (Å²) in [6.45, 7) is 2.19. The van der Waals surface area contributed by atoms with Crippen molar-refractivity contribution in [3.63, 3.8) is 0 Å². The normalized spacial score (nSPS) is 11.2. The van der Waals surface area contributed by atoms with Crippen LogP contribution in [0.4, 0.5) is 5.69 Å². The molecule has 0 fully saturated rings. The lowest BCUT2D eigenvalue weighted by atomic mass is 10.1. The van der Waals surface area contributed by atoms with Crippen molar-refractivity contribution in [2.45, 2.75) is 18.4 Å². The van der Waals surface area contributed by atoms with Gasteiger partial charge in [-0.25, -0.2) is 8.42 Å². The molecule has 4 rings (SSSR count). The number of hydrogen-bond donors (Lipinski definition) is 3. The van der Waals surface area contributed by atoms with Crippen LogP contribution in [0.2, 0.25) is 0 Å². The summed E-state index contributed by atoms with van der Waals surface area (Å²) < 4.78 is 27.9. The van der Waals surface area contributed by atoms with Crippen molar-refractivity contribution in [2.75, 3.05) is 4.72 Å². The molecule has 32 heavy (non-hydrogen) atoms. The molecule has 3 aromatic carbocycles. The van der Waals surface area contributed by atoms with E-state index in [-0.39, 0.29) is 10.8 Å². The van der Waals surface area contributed by atoms with E-state index in [9.17, 15) is 13.2 Å². The highest BCUT2D eigenvalue weighted by Gasteiger charge is 2.16. The van der Waals surface area contributed by atoms with Gasteiger partial charge in [0, 0.05) is 18.3 Å². The van der Waals surface area contributed by atoms with Crippen LogP contribution in [0.5, 0.6) is 0 Å². The number of aryl methyl sites for hydroxylation is 1. The van der Waals surface area contributed by atoms with Gasteiger partial charge in [-0.2, -0.15) is 5.10 Å². The van der Waals surface area contributed by atoms with Crippen LogP contribution in [-0.4, -0.2) is 24.5 Å². The van der Waals surface area contributed by atoms with Gasteiger partial charge in [0.15, 0.2) is 0 Å². The Morgan fingerprint density at radius 2 is 1.66 bits per heavy atom. The number of H-pyrrole nitrogens is 1. The molecule has 0 spiro atoms. The number of carbonyl (C=O) groups excluding carboxylic acids is 1. The summed E-state index contributed by atoms with van der Waals surface area (Å²) in [5, 5.41) is 9.70. The Labute approximate surface area is 186 Å². The maximum Gasteiger partial charge on any atom is 0.261 e. The van der Waals surface area contributed by atoms with Gasteiger partial charge in [-0.05, 0) is 60.0 Å². The van der Waals surface area contributed by atoms with Crippen molar-refractivity contribution in [2.24, 2.45) is 0 Å². The zero-order chi connectivity index (χ0) is 22.6. The quantitative estimate of drug-likeness (QED) is 0.397. The lowest BCUT2D eigenvalue weighted by molar-refractivity contribution is 0.0951. The van der Waals surface area contributed by atoms with Gasteiger partial charge in [-0.3, -0.25) is 14.6 Å². The van der Waals surface area contributed by atoms with Gasteiger partial charge in [0.05, 0.1) is 16.3 Å². The van der Waals surface area contributed by atoms with E-state index in [0.717, 1.165) is 22.4 Å². The van der Waals surface area contributed by atoms with Gasteiger partial charge in [0.1, 0.15) is 0 Å². The molecule has 0 aliphatic rings. The van der Waals surface area contributed by atoms with Crippen LogP contribution in [0.15, 0.2) is 90.0 Å².